The van der Waals surface area contributed by atoms with Crippen molar-refractivity contribution in [3.8, 4) is 16.9 Å². The van der Waals surface area contributed by atoms with Crippen LogP contribution in [0.4, 0.5) is 0 Å². The number of alkyl halides is 1. The summed E-state index contributed by atoms with van der Waals surface area (Å²) in [7, 11) is 1.46. The summed E-state index contributed by atoms with van der Waals surface area (Å²) in [5.74, 6) is 0.671. The fourth-order valence-electron chi connectivity index (χ4n) is 5.86. The monoisotopic (exact) mass is 752 g/mol. The van der Waals surface area contributed by atoms with Crippen LogP contribution in [0.2, 0.25) is 5.02 Å². The predicted molar refractivity (Wildman–Crippen MR) is 195 cm³/mol. The van der Waals surface area contributed by atoms with Crippen LogP contribution in [0.5, 0.6) is 5.75 Å². The van der Waals surface area contributed by atoms with E-state index in [1.165, 1.54) is 23.0 Å². The van der Waals surface area contributed by atoms with E-state index in [1.54, 1.807) is 0 Å². The number of carbonyl (C=O) groups is 1. The summed E-state index contributed by atoms with van der Waals surface area (Å²) in [4.78, 5) is 20.7. The molecule has 0 spiro atoms. The Morgan fingerprint density at radius 3 is 2.42 bits per heavy atom. The first kappa shape index (κ1) is 33.4. The van der Waals surface area contributed by atoms with Gasteiger partial charge in [0.15, 0.2) is 0 Å². The second kappa shape index (κ2) is 14.6. The normalized spacial score (nSPS) is 14.1. The van der Waals surface area contributed by atoms with E-state index in [2.05, 4.69) is 81.5 Å². The first-order valence-corrected chi connectivity index (χ1v) is 18.3. The first-order chi connectivity index (χ1) is 21.7. The number of pyridine rings is 1. The number of carbonyl (C=O) groups excluding carboxylic acids is 1. The molecule has 6 rings (SSSR count). The van der Waals surface area contributed by atoms with E-state index in [1.807, 2.05) is 73.1 Å². The molecular weight excluding hydrogens is 715 g/mol. The van der Waals surface area contributed by atoms with Gasteiger partial charge >= 0.3 is 5.97 Å². The maximum atomic E-state index is 12.8. The number of halogens is 2. The summed E-state index contributed by atoms with van der Waals surface area (Å²) in [6.45, 7) is 7.23. The molecule has 3 aromatic carbocycles. The molecule has 0 fully saturated rings. The molecule has 0 bridgehead atoms. The average molecular weight is 753 g/mol. The molecule has 2 aromatic heterocycles. The SMILES string of the molecule is CI.COC(=O)C(C)(C)Cc1c2c3c(c(OCc4ccc(-c5ccccc5)cn4)ccc3n1Cc1ccc(Cl)cc1)CC(C)S2. The van der Waals surface area contributed by atoms with Gasteiger partial charge in [0.25, 0.3) is 0 Å². The van der Waals surface area contributed by atoms with Crippen molar-refractivity contribution in [3.63, 3.8) is 0 Å². The number of esters is 1. The van der Waals surface area contributed by atoms with Crippen LogP contribution in [0.15, 0.2) is 90.0 Å². The smallest absolute Gasteiger partial charge is 0.311 e. The highest BCUT2D eigenvalue weighted by molar-refractivity contribution is 14.1. The fraction of sp³-hybridized carbons (Fsp3) is 0.297. The number of benzene rings is 3. The van der Waals surface area contributed by atoms with Crippen molar-refractivity contribution >= 4 is 62.8 Å². The minimum Gasteiger partial charge on any atom is -0.487 e. The molecule has 1 unspecified atom stereocenters. The Morgan fingerprint density at radius 2 is 1.76 bits per heavy atom. The van der Waals surface area contributed by atoms with Crippen LogP contribution in [0, 0.1) is 5.41 Å². The Kier molecular flexibility index (Phi) is 10.8. The van der Waals surface area contributed by atoms with E-state index in [4.69, 9.17) is 21.1 Å². The van der Waals surface area contributed by atoms with Crippen LogP contribution in [-0.2, 0) is 35.5 Å². The molecule has 0 amide bonds. The van der Waals surface area contributed by atoms with Crippen molar-refractivity contribution in [2.75, 3.05) is 12.0 Å². The zero-order valence-corrected chi connectivity index (χ0v) is 30.0. The Hall–Kier alpha value is -3.01. The minimum atomic E-state index is -0.685. The standard InChI is InChI=1S/C36H35ClN2O3S.CH3I/c1-23-18-29-32(42-22-28-15-12-26(20-38-28)25-8-6-5-7-9-25)17-16-30-33(29)34(43-23)31(19-36(2,3)35(40)41-4)39(30)21-24-10-13-27(37)14-11-24;1-2/h5-17,20,23H,18-19,21-22H2,1-4H3;1H3. The van der Waals surface area contributed by atoms with Crippen LogP contribution >= 0.6 is 46.0 Å². The number of thioether (sulfide) groups is 1. The van der Waals surface area contributed by atoms with E-state index >= 15 is 0 Å². The quantitative estimate of drug-likeness (QED) is 0.0853. The number of hydrogen-bond acceptors (Lipinski definition) is 5. The molecule has 0 radical (unpaired) electrons. The molecular formula is C37H38ClIN2O3S. The van der Waals surface area contributed by atoms with Crippen molar-refractivity contribution in [1.82, 2.24) is 9.55 Å². The van der Waals surface area contributed by atoms with Gasteiger partial charge in [0.1, 0.15) is 12.4 Å². The topological polar surface area (TPSA) is 53.4 Å². The van der Waals surface area contributed by atoms with Crippen molar-refractivity contribution < 1.29 is 14.3 Å². The fourth-order valence-corrected chi connectivity index (χ4v) is 7.30. The third kappa shape index (κ3) is 7.36. The van der Waals surface area contributed by atoms with Crippen LogP contribution < -0.4 is 4.74 Å². The summed E-state index contributed by atoms with van der Waals surface area (Å²) >= 11 is 10.2. The van der Waals surface area contributed by atoms with Crippen LogP contribution in [-0.4, -0.2) is 32.8 Å². The second-order valence-electron chi connectivity index (χ2n) is 11.8. The summed E-state index contributed by atoms with van der Waals surface area (Å²) < 4.78 is 14.0. The zero-order chi connectivity index (χ0) is 32.1. The molecule has 1 aliphatic heterocycles. The lowest BCUT2D eigenvalue weighted by Crippen LogP contribution is -2.29. The molecule has 45 heavy (non-hydrogen) atoms. The van der Waals surface area contributed by atoms with Gasteiger partial charge < -0.3 is 14.0 Å². The lowest BCUT2D eigenvalue weighted by Gasteiger charge is -2.25. The highest BCUT2D eigenvalue weighted by atomic mass is 127. The van der Waals surface area contributed by atoms with Gasteiger partial charge in [0.05, 0.1) is 23.7 Å². The molecule has 1 aliphatic rings. The zero-order valence-electron chi connectivity index (χ0n) is 26.3. The number of hydrogen-bond donors (Lipinski definition) is 0. The summed E-state index contributed by atoms with van der Waals surface area (Å²) in [5, 5.41) is 2.29. The Bertz CT molecular complexity index is 1770. The van der Waals surface area contributed by atoms with Gasteiger partial charge in [-0.25, -0.2) is 0 Å². The van der Waals surface area contributed by atoms with Crippen LogP contribution in [0.1, 0.15) is 43.3 Å². The van der Waals surface area contributed by atoms with E-state index in [0.29, 0.717) is 29.8 Å². The Labute approximate surface area is 288 Å². The molecule has 0 saturated heterocycles. The van der Waals surface area contributed by atoms with Gasteiger partial charge in [-0.2, -0.15) is 0 Å². The molecule has 0 aliphatic carbocycles. The average Bonchev–Trinajstić information content (AvgIpc) is 3.34. The number of aromatic nitrogens is 2. The third-order valence-corrected chi connectivity index (χ3v) is 9.57. The number of methoxy groups -OCH3 is 1. The highest BCUT2D eigenvalue weighted by Crippen LogP contribution is 2.48. The van der Waals surface area contributed by atoms with Gasteiger partial charge in [-0.1, -0.05) is 89.6 Å². The molecule has 0 saturated carbocycles. The van der Waals surface area contributed by atoms with Crippen molar-refractivity contribution in [3.05, 3.63) is 113 Å². The number of nitrogens with zero attached hydrogens (tertiary/aromatic N) is 2. The van der Waals surface area contributed by atoms with Crippen LogP contribution in [0.3, 0.4) is 0 Å². The van der Waals surface area contributed by atoms with Gasteiger partial charge in [0.2, 0.25) is 0 Å². The molecule has 5 aromatic rings. The number of rotatable bonds is 9. The van der Waals surface area contributed by atoms with Crippen LogP contribution in [0.25, 0.3) is 22.0 Å². The molecule has 3 heterocycles. The van der Waals surface area contributed by atoms with Gasteiger partial charge in [-0.3, -0.25) is 9.78 Å². The van der Waals surface area contributed by atoms with E-state index < -0.39 is 5.41 Å². The predicted octanol–water partition coefficient (Wildman–Crippen LogP) is 9.81. The summed E-state index contributed by atoms with van der Waals surface area (Å²) in [5.41, 5.74) is 7.08. The largest absolute Gasteiger partial charge is 0.487 e. The Balaban J connectivity index is 0.00000196. The van der Waals surface area contributed by atoms with Gasteiger partial charge in [0, 0.05) is 56.5 Å². The molecule has 0 N–H and O–H groups in total. The lowest BCUT2D eigenvalue weighted by molar-refractivity contribution is -0.150. The molecule has 8 heteroatoms. The van der Waals surface area contributed by atoms with E-state index in [-0.39, 0.29) is 5.97 Å². The maximum Gasteiger partial charge on any atom is 0.311 e. The van der Waals surface area contributed by atoms with E-state index in [9.17, 15) is 4.79 Å². The molecule has 1 atom stereocenters. The van der Waals surface area contributed by atoms with Gasteiger partial charge in [-0.05, 0) is 66.7 Å². The summed E-state index contributed by atoms with van der Waals surface area (Å²) in [6, 6.07) is 26.6. The molecule has 5 nitrogen and oxygen atoms in total. The van der Waals surface area contributed by atoms with Gasteiger partial charge in [-0.15, -0.1) is 11.8 Å². The first-order valence-electron chi connectivity index (χ1n) is 14.9. The Morgan fingerprint density at radius 1 is 1.02 bits per heavy atom. The van der Waals surface area contributed by atoms with Crippen molar-refractivity contribution in [2.45, 2.75) is 56.9 Å². The number of ether oxygens (including phenoxy) is 2. The second-order valence-corrected chi connectivity index (χ2v) is 13.7. The van der Waals surface area contributed by atoms with Crippen molar-refractivity contribution in [2.24, 2.45) is 5.41 Å². The molecule has 234 valence electrons. The highest BCUT2D eigenvalue weighted by Gasteiger charge is 2.35. The van der Waals surface area contributed by atoms with Crippen molar-refractivity contribution in [1.29, 1.82) is 0 Å². The summed E-state index contributed by atoms with van der Waals surface area (Å²) in [6.07, 6.45) is 3.37. The lowest BCUT2D eigenvalue weighted by atomic mass is 9.87. The van der Waals surface area contributed by atoms with E-state index in [0.717, 1.165) is 45.8 Å². The third-order valence-electron chi connectivity index (χ3n) is 8.07. The maximum absolute atomic E-state index is 12.8. The minimum absolute atomic E-state index is 0.216.